The summed E-state index contributed by atoms with van der Waals surface area (Å²) in [6.07, 6.45) is 1.09. The highest BCUT2D eigenvalue weighted by Crippen LogP contribution is 2.26. The fraction of sp³-hybridized carbons (Fsp3) is 0.375. The number of carbonyl (C=O) groups is 1. The number of benzene rings is 1. The monoisotopic (exact) mass is 383 g/mol. The van der Waals surface area contributed by atoms with E-state index in [9.17, 15) is 13.2 Å². The second-order valence-corrected chi connectivity index (χ2v) is 8.26. The maximum Gasteiger partial charge on any atom is 0.244 e. The van der Waals surface area contributed by atoms with E-state index in [1.165, 1.54) is 4.31 Å². The van der Waals surface area contributed by atoms with Gasteiger partial charge in [0.1, 0.15) is 11.8 Å². The van der Waals surface area contributed by atoms with E-state index in [-0.39, 0.29) is 11.6 Å². The number of amides is 1. The molecule has 1 N–H and O–H groups in total. The minimum atomic E-state index is -3.67. The minimum Gasteiger partial charge on any atom is -0.360 e. The lowest BCUT2D eigenvalue weighted by Crippen LogP contribution is -2.43. The van der Waals surface area contributed by atoms with Crippen LogP contribution in [0.2, 0.25) is 5.02 Å². The van der Waals surface area contributed by atoms with E-state index in [1.807, 2.05) is 0 Å². The molecule has 0 spiro atoms. The van der Waals surface area contributed by atoms with Crippen LogP contribution in [0.25, 0.3) is 0 Å². The second kappa shape index (κ2) is 7.15. The van der Waals surface area contributed by atoms with Crippen molar-refractivity contribution >= 4 is 33.3 Å². The molecule has 1 fully saturated rings. The molecule has 3 rings (SSSR count). The van der Waals surface area contributed by atoms with Crippen molar-refractivity contribution in [1.82, 2.24) is 9.46 Å². The molecule has 7 nitrogen and oxygen atoms in total. The number of nitrogens with zero attached hydrogens (tertiary/aromatic N) is 2. The molecule has 2 aromatic rings. The van der Waals surface area contributed by atoms with Gasteiger partial charge in [0.05, 0.1) is 5.75 Å². The van der Waals surface area contributed by atoms with E-state index in [0.29, 0.717) is 35.7 Å². The maximum absolute atomic E-state index is 12.8. The molecule has 0 aliphatic carbocycles. The van der Waals surface area contributed by atoms with E-state index in [2.05, 4.69) is 10.5 Å². The van der Waals surface area contributed by atoms with E-state index >= 15 is 0 Å². The summed E-state index contributed by atoms with van der Waals surface area (Å²) >= 11 is 6.06. The van der Waals surface area contributed by atoms with Crippen LogP contribution in [0.1, 0.15) is 24.2 Å². The summed E-state index contributed by atoms with van der Waals surface area (Å²) in [4.78, 5) is 12.5. The highest BCUT2D eigenvalue weighted by atomic mass is 35.5. The first-order chi connectivity index (χ1) is 11.9. The molecule has 0 saturated carbocycles. The molecule has 1 aliphatic rings. The third kappa shape index (κ3) is 4.02. The maximum atomic E-state index is 12.8. The second-order valence-electron chi connectivity index (χ2n) is 5.93. The van der Waals surface area contributed by atoms with Crippen molar-refractivity contribution in [3.8, 4) is 0 Å². The van der Waals surface area contributed by atoms with Gasteiger partial charge in [0, 0.05) is 17.6 Å². The number of anilines is 1. The van der Waals surface area contributed by atoms with Crippen molar-refractivity contribution in [2.45, 2.75) is 31.6 Å². The number of rotatable bonds is 5. The third-order valence-corrected chi connectivity index (χ3v) is 6.23. The van der Waals surface area contributed by atoms with Gasteiger partial charge in [0.2, 0.25) is 15.9 Å². The Balaban J connectivity index is 1.75. The Morgan fingerprint density at radius 3 is 2.88 bits per heavy atom. The average Bonchev–Trinajstić information content (AvgIpc) is 3.19. The Labute approximate surface area is 151 Å². The zero-order valence-electron chi connectivity index (χ0n) is 13.6. The predicted octanol–water partition coefficient (Wildman–Crippen LogP) is 2.57. The summed E-state index contributed by atoms with van der Waals surface area (Å²) in [5.41, 5.74) is 0.516. The molecule has 1 atom stereocenters. The minimum absolute atomic E-state index is 0.237. The first-order valence-corrected chi connectivity index (χ1v) is 9.82. The lowest BCUT2D eigenvalue weighted by Gasteiger charge is -2.23. The van der Waals surface area contributed by atoms with Crippen LogP contribution >= 0.6 is 11.6 Å². The highest BCUT2D eigenvalue weighted by molar-refractivity contribution is 7.88. The van der Waals surface area contributed by atoms with Gasteiger partial charge in [-0.05, 0) is 31.4 Å². The molecule has 1 aromatic carbocycles. The van der Waals surface area contributed by atoms with E-state index in [0.717, 1.165) is 0 Å². The number of hydrogen-bond donors (Lipinski definition) is 1. The normalized spacial score (nSPS) is 18.4. The molecule has 1 aromatic heterocycles. The number of sulfonamides is 1. The van der Waals surface area contributed by atoms with Gasteiger partial charge in [-0.2, -0.15) is 4.31 Å². The van der Waals surface area contributed by atoms with Crippen LogP contribution in [0.5, 0.6) is 0 Å². The topological polar surface area (TPSA) is 92.5 Å². The smallest absolute Gasteiger partial charge is 0.244 e. The number of halogens is 1. The number of aryl methyl sites for hydroxylation is 1. The van der Waals surface area contributed by atoms with Crippen LogP contribution in [-0.4, -0.2) is 36.4 Å². The van der Waals surface area contributed by atoms with Crippen molar-refractivity contribution in [3.63, 3.8) is 0 Å². The molecular formula is C16H18ClN3O4S. The standard InChI is InChI=1S/C16H18ClN3O4S/c1-11-9-15(19-24-11)18-16(21)14-7-4-8-20(14)25(22,23)10-12-5-2-3-6-13(12)17/h2-3,5-6,9,14H,4,7-8,10H2,1H3,(H,18,19,21)/t14-/m0/s1. The lowest BCUT2D eigenvalue weighted by atomic mass is 10.2. The molecule has 0 unspecified atom stereocenters. The van der Waals surface area contributed by atoms with E-state index < -0.39 is 22.0 Å². The van der Waals surface area contributed by atoms with Gasteiger partial charge in [-0.25, -0.2) is 8.42 Å². The summed E-state index contributed by atoms with van der Waals surface area (Å²) in [5, 5.41) is 6.70. The number of carbonyl (C=O) groups excluding carboxylic acids is 1. The molecule has 134 valence electrons. The van der Waals surface area contributed by atoms with E-state index in [4.69, 9.17) is 16.1 Å². The molecule has 2 heterocycles. The van der Waals surface area contributed by atoms with Gasteiger partial charge in [-0.3, -0.25) is 4.79 Å². The predicted molar refractivity (Wildman–Crippen MR) is 93.7 cm³/mol. The summed E-state index contributed by atoms with van der Waals surface area (Å²) in [6, 6.07) is 7.61. The third-order valence-electron chi connectivity index (χ3n) is 4.04. The molecule has 0 radical (unpaired) electrons. The lowest BCUT2D eigenvalue weighted by molar-refractivity contribution is -0.119. The van der Waals surface area contributed by atoms with Crippen molar-refractivity contribution in [2.75, 3.05) is 11.9 Å². The van der Waals surface area contributed by atoms with Crippen molar-refractivity contribution in [3.05, 3.63) is 46.7 Å². The summed E-state index contributed by atoms with van der Waals surface area (Å²) in [7, 11) is -3.67. The van der Waals surface area contributed by atoms with Crippen LogP contribution in [0.4, 0.5) is 5.82 Å². The number of hydrogen-bond acceptors (Lipinski definition) is 5. The Kier molecular flexibility index (Phi) is 5.12. The molecule has 1 saturated heterocycles. The molecule has 25 heavy (non-hydrogen) atoms. The van der Waals surface area contributed by atoms with Gasteiger partial charge in [0.25, 0.3) is 0 Å². The highest BCUT2D eigenvalue weighted by Gasteiger charge is 2.39. The summed E-state index contributed by atoms with van der Waals surface area (Å²) < 4.78 is 31.7. The number of aromatic nitrogens is 1. The largest absolute Gasteiger partial charge is 0.360 e. The van der Waals surface area contributed by atoms with Gasteiger partial charge in [-0.15, -0.1) is 0 Å². The van der Waals surface area contributed by atoms with Gasteiger partial charge in [-0.1, -0.05) is 35.0 Å². The van der Waals surface area contributed by atoms with Crippen LogP contribution < -0.4 is 5.32 Å². The van der Waals surface area contributed by atoms with Gasteiger partial charge in [0.15, 0.2) is 5.82 Å². The van der Waals surface area contributed by atoms with Crippen LogP contribution in [0.3, 0.4) is 0 Å². The Bertz CT molecular complexity index is 881. The molecule has 9 heteroatoms. The van der Waals surface area contributed by atoms with Crippen molar-refractivity contribution < 1.29 is 17.7 Å². The van der Waals surface area contributed by atoms with E-state index in [1.54, 1.807) is 37.3 Å². The zero-order valence-corrected chi connectivity index (χ0v) is 15.2. The summed E-state index contributed by atoms with van der Waals surface area (Å²) in [6.45, 7) is 2.02. The fourth-order valence-corrected chi connectivity index (χ4v) is 4.95. The molecule has 0 bridgehead atoms. The van der Waals surface area contributed by atoms with Crippen LogP contribution in [0, 0.1) is 6.92 Å². The van der Waals surface area contributed by atoms with Crippen LogP contribution in [-0.2, 0) is 20.6 Å². The van der Waals surface area contributed by atoms with Crippen LogP contribution in [0.15, 0.2) is 34.9 Å². The zero-order chi connectivity index (χ0) is 18.0. The quantitative estimate of drug-likeness (QED) is 0.856. The van der Waals surface area contributed by atoms with Gasteiger partial charge >= 0.3 is 0 Å². The Morgan fingerprint density at radius 1 is 1.44 bits per heavy atom. The fourth-order valence-electron chi connectivity index (χ4n) is 2.86. The molecular weight excluding hydrogens is 366 g/mol. The Hall–Kier alpha value is -1.90. The molecule has 1 amide bonds. The Morgan fingerprint density at radius 2 is 2.20 bits per heavy atom. The average molecular weight is 384 g/mol. The molecule has 1 aliphatic heterocycles. The summed E-state index contributed by atoms with van der Waals surface area (Å²) in [5.74, 6) is 0.191. The van der Waals surface area contributed by atoms with Gasteiger partial charge < -0.3 is 9.84 Å². The first-order valence-electron chi connectivity index (χ1n) is 7.84. The number of nitrogens with one attached hydrogen (secondary N) is 1. The SMILES string of the molecule is Cc1cc(NC(=O)[C@@H]2CCCN2S(=O)(=O)Cc2ccccc2Cl)no1. The van der Waals surface area contributed by atoms with Crippen molar-refractivity contribution in [2.24, 2.45) is 0 Å². The van der Waals surface area contributed by atoms with Crippen molar-refractivity contribution in [1.29, 1.82) is 0 Å². The first kappa shape index (κ1) is 17.9.